The van der Waals surface area contributed by atoms with E-state index in [4.69, 9.17) is 5.11 Å². The Labute approximate surface area is 118 Å². The van der Waals surface area contributed by atoms with Gasteiger partial charge in [-0.1, -0.05) is 0 Å². The molecule has 2 aliphatic heterocycles. The zero-order chi connectivity index (χ0) is 15.0. The molecule has 2 aliphatic rings. The van der Waals surface area contributed by atoms with Crippen molar-refractivity contribution in [2.24, 2.45) is 0 Å². The normalized spacial score (nSPS) is 29.1. The van der Waals surface area contributed by atoms with E-state index in [0.29, 0.717) is 19.3 Å². The van der Waals surface area contributed by atoms with E-state index in [2.05, 4.69) is 0 Å². The minimum absolute atomic E-state index is 0.104. The molecule has 0 radical (unpaired) electrons. The summed E-state index contributed by atoms with van der Waals surface area (Å²) in [6.07, 6.45) is 1.59. The molecule has 10 heteroatoms. The second kappa shape index (κ2) is 5.58. The third kappa shape index (κ3) is 3.13. The van der Waals surface area contributed by atoms with Crippen molar-refractivity contribution in [2.75, 3.05) is 31.1 Å². The summed E-state index contributed by atoms with van der Waals surface area (Å²) in [5, 5.41) is 9.13. The van der Waals surface area contributed by atoms with Gasteiger partial charge in [-0.15, -0.1) is 0 Å². The third-order valence-corrected chi connectivity index (χ3v) is 7.32. The zero-order valence-electron chi connectivity index (χ0n) is 10.9. The molecule has 2 rings (SSSR count). The van der Waals surface area contributed by atoms with E-state index in [9.17, 15) is 21.6 Å². The van der Waals surface area contributed by atoms with Crippen LogP contribution in [-0.4, -0.2) is 73.7 Å². The lowest BCUT2D eigenvalue weighted by Gasteiger charge is -2.37. The van der Waals surface area contributed by atoms with E-state index in [1.165, 1.54) is 0 Å². The number of piperidine rings is 1. The predicted octanol–water partition coefficient (Wildman–Crippen LogP) is -1.10. The Hall–Kier alpha value is -0.710. The molecule has 0 bridgehead atoms. The van der Waals surface area contributed by atoms with E-state index in [0.717, 1.165) is 8.61 Å². The standard InChI is InChI=1S/C10H18N2O6S2/c13-10(14)9-3-1-2-4-12(9)20(17,18)11-5-7-19(15,16)8-6-11/h9H,1-8H2,(H,13,14). The van der Waals surface area contributed by atoms with Crippen molar-refractivity contribution in [1.82, 2.24) is 8.61 Å². The first-order valence-electron chi connectivity index (χ1n) is 6.44. The minimum Gasteiger partial charge on any atom is -0.480 e. The fourth-order valence-electron chi connectivity index (χ4n) is 2.50. The van der Waals surface area contributed by atoms with Crippen LogP contribution in [0.4, 0.5) is 0 Å². The summed E-state index contributed by atoms with van der Waals surface area (Å²) in [7, 11) is -7.09. The molecule has 2 heterocycles. The van der Waals surface area contributed by atoms with Crippen LogP contribution in [0.2, 0.25) is 0 Å². The second-order valence-corrected chi connectivity index (χ2v) is 9.20. The molecule has 1 unspecified atom stereocenters. The lowest BCUT2D eigenvalue weighted by atomic mass is 10.1. The molecule has 20 heavy (non-hydrogen) atoms. The number of rotatable bonds is 3. The molecule has 0 aromatic heterocycles. The lowest BCUT2D eigenvalue weighted by Crippen LogP contribution is -2.56. The van der Waals surface area contributed by atoms with Crippen LogP contribution < -0.4 is 0 Å². The molecular weight excluding hydrogens is 308 g/mol. The van der Waals surface area contributed by atoms with Crippen molar-refractivity contribution in [3.63, 3.8) is 0 Å². The third-order valence-electron chi connectivity index (χ3n) is 3.66. The summed E-state index contributed by atoms with van der Waals surface area (Å²) in [5.74, 6) is -1.58. The number of sulfone groups is 1. The summed E-state index contributed by atoms with van der Waals surface area (Å²) in [5.41, 5.74) is 0. The van der Waals surface area contributed by atoms with Gasteiger partial charge in [0.05, 0.1) is 11.5 Å². The Balaban J connectivity index is 2.19. The predicted molar refractivity (Wildman–Crippen MR) is 71.1 cm³/mol. The zero-order valence-corrected chi connectivity index (χ0v) is 12.6. The van der Waals surface area contributed by atoms with Crippen LogP contribution in [0, 0.1) is 0 Å². The fraction of sp³-hybridized carbons (Fsp3) is 0.900. The molecule has 0 spiro atoms. The van der Waals surface area contributed by atoms with Crippen molar-refractivity contribution < 1.29 is 26.7 Å². The molecule has 8 nitrogen and oxygen atoms in total. The summed E-state index contributed by atoms with van der Waals surface area (Å²) >= 11 is 0. The maximum atomic E-state index is 12.5. The van der Waals surface area contributed by atoms with Crippen LogP contribution >= 0.6 is 0 Å². The Morgan fingerprint density at radius 1 is 1.10 bits per heavy atom. The van der Waals surface area contributed by atoms with Gasteiger partial charge in [-0.05, 0) is 19.3 Å². The average molecular weight is 326 g/mol. The smallest absolute Gasteiger partial charge is 0.322 e. The first-order valence-corrected chi connectivity index (χ1v) is 9.66. The number of carbonyl (C=O) groups is 1. The van der Waals surface area contributed by atoms with Crippen molar-refractivity contribution in [3.8, 4) is 0 Å². The average Bonchev–Trinajstić information content (AvgIpc) is 2.38. The van der Waals surface area contributed by atoms with E-state index >= 15 is 0 Å². The Morgan fingerprint density at radius 2 is 1.70 bits per heavy atom. The van der Waals surface area contributed by atoms with Gasteiger partial charge in [-0.3, -0.25) is 4.79 Å². The van der Waals surface area contributed by atoms with Gasteiger partial charge in [0.1, 0.15) is 6.04 Å². The number of hydrogen-bond acceptors (Lipinski definition) is 5. The molecule has 116 valence electrons. The fourth-order valence-corrected chi connectivity index (χ4v) is 5.75. The Morgan fingerprint density at radius 3 is 2.25 bits per heavy atom. The molecule has 1 N–H and O–H groups in total. The number of aliphatic carboxylic acids is 1. The van der Waals surface area contributed by atoms with Gasteiger partial charge in [0, 0.05) is 19.6 Å². The van der Waals surface area contributed by atoms with Gasteiger partial charge < -0.3 is 5.11 Å². The van der Waals surface area contributed by atoms with Gasteiger partial charge in [0.15, 0.2) is 9.84 Å². The molecule has 0 aromatic carbocycles. The van der Waals surface area contributed by atoms with Gasteiger partial charge in [0.2, 0.25) is 0 Å². The molecule has 1 atom stereocenters. The monoisotopic (exact) mass is 326 g/mol. The maximum absolute atomic E-state index is 12.5. The van der Waals surface area contributed by atoms with E-state index in [1.54, 1.807) is 0 Å². The van der Waals surface area contributed by atoms with Crippen LogP contribution in [-0.2, 0) is 24.8 Å². The van der Waals surface area contributed by atoms with Crippen LogP contribution in [0.3, 0.4) is 0 Å². The number of nitrogens with zero attached hydrogens (tertiary/aromatic N) is 2. The van der Waals surface area contributed by atoms with Crippen molar-refractivity contribution in [3.05, 3.63) is 0 Å². The molecule has 0 amide bonds. The number of hydrogen-bond donors (Lipinski definition) is 1. The first-order chi connectivity index (χ1) is 9.24. The maximum Gasteiger partial charge on any atom is 0.322 e. The summed E-state index contributed by atoms with van der Waals surface area (Å²) < 4.78 is 49.7. The molecule has 0 aromatic rings. The summed E-state index contributed by atoms with van der Waals surface area (Å²) in [6, 6.07) is -1.05. The van der Waals surface area contributed by atoms with Crippen LogP contribution in [0.15, 0.2) is 0 Å². The molecule has 0 saturated carbocycles. The van der Waals surface area contributed by atoms with Gasteiger partial charge >= 0.3 is 5.97 Å². The number of carboxylic acids is 1. The second-order valence-electron chi connectivity index (χ2n) is 5.02. The van der Waals surface area contributed by atoms with Gasteiger partial charge in [-0.25, -0.2) is 8.42 Å². The quantitative estimate of drug-likeness (QED) is 0.704. The summed E-state index contributed by atoms with van der Waals surface area (Å²) in [6.45, 7) is -0.0381. The largest absolute Gasteiger partial charge is 0.480 e. The van der Waals surface area contributed by atoms with Gasteiger partial charge in [0.25, 0.3) is 10.2 Å². The van der Waals surface area contributed by atoms with Gasteiger partial charge in [-0.2, -0.15) is 17.0 Å². The highest BCUT2D eigenvalue weighted by Crippen LogP contribution is 2.24. The highest BCUT2D eigenvalue weighted by Gasteiger charge is 2.41. The van der Waals surface area contributed by atoms with Crippen LogP contribution in [0.1, 0.15) is 19.3 Å². The minimum atomic E-state index is -3.91. The topological polar surface area (TPSA) is 112 Å². The highest BCUT2D eigenvalue weighted by atomic mass is 32.2. The molecular formula is C10H18N2O6S2. The molecule has 2 fully saturated rings. The van der Waals surface area contributed by atoms with E-state index in [1.807, 2.05) is 0 Å². The Bertz CT molecular complexity index is 571. The van der Waals surface area contributed by atoms with Crippen LogP contribution in [0.25, 0.3) is 0 Å². The van der Waals surface area contributed by atoms with Crippen molar-refractivity contribution >= 4 is 26.0 Å². The van der Waals surface area contributed by atoms with Crippen molar-refractivity contribution in [1.29, 1.82) is 0 Å². The van der Waals surface area contributed by atoms with E-state index < -0.39 is 32.1 Å². The SMILES string of the molecule is O=C(O)C1CCCCN1S(=O)(=O)N1CCS(=O)(=O)CC1. The van der Waals surface area contributed by atoms with Crippen molar-refractivity contribution in [2.45, 2.75) is 25.3 Å². The first kappa shape index (κ1) is 15.7. The molecule has 2 saturated heterocycles. The van der Waals surface area contributed by atoms with E-state index in [-0.39, 0.29) is 31.1 Å². The number of carboxylic acid groups (broad SMARTS) is 1. The summed E-state index contributed by atoms with van der Waals surface area (Å²) in [4.78, 5) is 11.2. The highest BCUT2D eigenvalue weighted by molar-refractivity contribution is 7.91. The van der Waals surface area contributed by atoms with Crippen LogP contribution in [0.5, 0.6) is 0 Å². The molecule has 0 aliphatic carbocycles. The Kier molecular flexibility index (Phi) is 4.38. The lowest BCUT2D eigenvalue weighted by molar-refractivity contribution is -0.142.